The Hall–Kier alpha value is -1.36. The summed E-state index contributed by atoms with van der Waals surface area (Å²) < 4.78 is 0. The largest absolute Gasteiger partial charge is 0.477 e. The van der Waals surface area contributed by atoms with E-state index in [0.29, 0.717) is 17.0 Å². The Labute approximate surface area is 129 Å². The van der Waals surface area contributed by atoms with Gasteiger partial charge in [-0.05, 0) is 48.5 Å². The number of carboxylic acids is 1. The van der Waals surface area contributed by atoms with Crippen molar-refractivity contribution in [3.05, 3.63) is 16.3 Å². The Morgan fingerprint density at radius 2 is 1.86 bits per heavy atom. The fourth-order valence-electron chi connectivity index (χ4n) is 3.03. The maximum Gasteiger partial charge on any atom is 0.348 e. The molecular formula is C16H23NO3S. The Morgan fingerprint density at radius 3 is 2.38 bits per heavy atom. The van der Waals surface area contributed by atoms with Crippen molar-refractivity contribution < 1.29 is 14.7 Å². The number of nitrogens with one attached hydrogen (secondary N) is 1. The Bertz CT molecular complexity index is 522. The van der Waals surface area contributed by atoms with Crippen LogP contribution in [0.5, 0.6) is 0 Å². The van der Waals surface area contributed by atoms with Crippen molar-refractivity contribution in [1.29, 1.82) is 0 Å². The summed E-state index contributed by atoms with van der Waals surface area (Å²) in [7, 11) is 0. The molecule has 1 amide bonds. The summed E-state index contributed by atoms with van der Waals surface area (Å²) in [5.41, 5.74) is 0.723. The van der Waals surface area contributed by atoms with Gasteiger partial charge in [-0.3, -0.25) is 4.79 Å². The molecule has 0 unspecified atom stereocenters. The van der Waals surface area contributed by atoms with Crippen LogP contribution in [0.4, 0.5) is 5.69 Å². The van der Waals surface area contributed by atoms with E-state index in [2.05, 4.69) is 26.1 Å². The van der Waals surface area contributed by atoms with Gasteiger partial charge in [-0.25, -0.2) is 4.79 Å². The van der Waals surface area contributed by atoms with E-state index in [1.165, 1.54) is 0 Å². The summed E-state index contributed by atoms with van der Waals surface area (Å²) in [4.78, 5) is 23.6. The monoisotopic (exact) mass is 309 g/mol. The molecule has 4 nitrogen and oxygen atoms in total. The van der Waals surface area contributed by atoms with Crippen LogP contribution in [0.1, 0.15) is 56.1 Å². The third kappa shape index (κ3) is 3.84. The molecule has 1 aliphatic rings. The fourth-order valence-corrected chi connectivity index (χ4v) is 3.72. The van der Waals surface area contributed by atoms with Crippen molar-refractivity contribution in [2.75, 3.05) is 5.32 Å². The Balaban J connectivity index is 1.94. The van der Waals surface area contributed by atoms with Crippen LogP contribution < -0.4 is 5.32 Å². The molecule has 0 saturated heterocycles. The quantitative estimate of drug-likeness (QED) is 0.877. The highest BCUT2D eigenvalue weighted by Gasteiger charge is 2.32. The van der Waals surface area contributed by atoms with E-state index < -0.39 is 5.97 Å². The van der Waals surface area contributed by atoms with Gasteiger partial charge in [-0.2, -0.15) is 0 Å². The van der Waals surface area contributed by atoms with Gasteiger partial charge in [-0.15, -0.1) is 11.3 Å². The molecule has 5 heteroatoms. The van der Waals surface area contributed by atoms with Crippen LogP contribution in [0.25, 0.3) is 0 Å². The average Bonchev–Trinajstić information content (AvgIpc) is 2.86. The number of carbonyl (C=O) groups is 2. The minimum atomic E-state index is -0.989. The first-order valence-electron chi connectivity index (χ1n) is 7.40. The predicted molar refractivity (Wildman–Crippen MR) is 84.8 cm³/mol. The van der Waals surface area contributed by atoms with Crippen LogP contribution in [0.15, 0.2) is 11.4 Å². The van der Waals surface area contributed by atoms with Crippen molar-refractivity contribution >= 4 is 28.9 Å². The maximum atomic E-state index is 12.3. The molecule has 1 heterocycles. The highest BCUT2D eigenvalue weighted by atomic mass is 32.1. The lowest BCUT2D eigenvalue weighted by Gasteiger charge is -2.36. The van der Waals surface area contributed by atoms with Gasteiger partial charge in [0.25, 0.3) is 0 Å². The third-order valence-electron chi connectivity index (χ3n) is 4.44. The second-order valence-corrected chi connectivity index (χ2v) is 7.79. The van der Waals surface area contributed by atoms with Crippen molar-refractivity contribution in [3.8, 4) is 0 Å². The number of thiophene rings is 1. The van der Waals surface area contributed by atoms with Gasteiger partial charge in [0.2, 0.25) is 5.91 Å². The first-order chi connectivity index (χ1) is 9.79. The number of carbonyl (C=O) groups excluding carboxylic acids is 1. The molecule has 1 fully saturated rings. The SMILES string of the molecule is CC(C)(C)C1CCC(C(=O)Nc2ccsc2C(=O)O)CC1. The molecule has 0 bridgehead atoms. The first kappa shape index (κ1) is 16.0. The number of anilines is 1. The van der Waals surface area contributed by atoms with Crippen molar-refractivity contribution in [3.63, 3.8) is 0 Å². The predicted octanol–water partition coefficient (Wildman–Crippen LogP) is 4.24. The summed E-state index contributed by atoms with van der Waals surface area (Å²) in [6.07, 6.45) is 3.91. The molecule has 0 atom stereocenters. The average molecular weight is 309 g/mol. The lowest BCUT2D eigenvalue weighted by Crippen LogP contribution is -2.31. The number of carboxylic acid groups (broad SMARTS) is 1. The summed E-state index contributed by atoms with van der Waals surface area (Å²) in [5.74, 6) is -0.359. The van der Waals surface area contributed by atoms with Gasteiger partial charge in [0.05, 0.1) is 5.69 Å². The van der Waals surface area contributed by atoms with Gasteiger partial charge in [-0.1, -0.05) is 20.8 Å². The number of aromatic carboxylic acids is 1. The molecule has 1 aromatic heterocycles. The highest BCUT2D eigenvalue weighted by molar-refractivity contribution is 7.12. The van der Waals surface area contributed by atoms with Crippen LogP contribution in [0.3, 0.4) is 0 Å². The molecule has 0 radical (unpaired) electrons. The van der Waals surface area contributed by atoms with E-state index in [1.54, 1.807) is 11.4 Å². The Kier molecular flexibility index (Phi) is 4.71. The van der Waals surface area contributed by atoms with Crippen LogP contribution in [0.2, 0.25) is 0 Å². The standard InChI is InChI=1S/C16H23NO3S/c1-16(2,3)11-6-4-10(5-7-11)14(18)17-12-8-9-21-13(12)15(19)20/h8-11H,4-7H2,1-3H3,(H,17,18)(H,19,20). The van der Waals surface area contributed by atoms with Gasteiger partial charge in [0.1, 0.15) is 4.88 Å². The number of rotatable bonds is 3. The zero-order valence-corrected chi connectivity index (χ0v) is 13.6. The highest BCUT2D eigenvalue weighted by Crippen LogP contribution is 2.40. The zero-order chi connectivity index (χ0) is 15.6. The van der Waals surface area contributed by atoms with Gasteiger partial charge in [0.15, 0.2) is 0 Å². The van der Waals surface area contributed by atoms with E-state index in [1.807, 2.05) is 0 Å². The molecule has 2 rings (SSSR count). The molecular weight excluding hydrogens is 286 g/mol. The lowest BCUT2D eigenvalue weighted by atomic mass is 9.69. The first-order valence-corrected chi connectivity index (χ1v) is 8.28. The molecule has 1 aliphatic carbocycles. The summed E-state index contributed by atoms with van der Waals surface area (Å²) in [5, 5.41) is 13.5. The number of hydrogen-bond acceptors (Lipinski definition) is 3. The number of amides is 1. The van der Waals surface area contributed by atoms with Gasteiger partial charge < -0.3 is 10.4 Å². The van der Waals surface area contributed by atoms with E-state index in [-0.39, 0.29) is 16.7 Å². The minimum absolute atomic E-state index is 0.00476. The van der Waals surface area contributed by atoms with Crippen molar-refractivity contribution in [2.45, 2.75) is 46.5 Å². The smallest absolute Gasteiger partial charge is 0.348 e. The second kappa shape index (κ2) is 6.18. The van der Waals surface area contributed by atoms with Gasteiger partial charge >= 0.3 is 5.97 Å². The zero-order valence-electron chi connectivity index (χ0n) is 12.8. The second-order valence-electron chi connectivity index (χ2n) is 6.87. The molecule has 1 aromatic rings. The summed E-state index contributed by atoms with van der Waals surface area (Å²) in [6, 6.07) is 1.66. The van der Waals surface area contributed by atoms with E-state index in [0.717, 1.165) is 37.0 Å². The van der Waals surface area contributed by atoms with E-state index >= 15 is 0 Å². The fraction of sp³-hybridized carbons (Fsp3) is 0.625. The summed E-state index contributed by atoms with van der Waals surface area (Å²) in [6.45, 7) is 6.76. The molecule has 116 valence electrons. The third-order valence-corrected chi connectivity index (χ3v) is 5.34. The van der Waals surface area contributed by atoms with Crippen LogP contribution in [-0.2, 0) is 4.79 Å². The van der Waals surface area contributed by atoms with Crippen molar-refractivity contribution in [1.82, 2.24) is 0 Å². The minimum Gasteiger partial charge on any atom is -0.477 e. The molecule has 0 aromatic carbocycles. The molecule has 2 N–H and O–H groups in total. The summed E-state index contributed by atoms with van der Waals surface area (Å²) >= 11 is 1.14. The molecule has 0 aliphatic heterocycles. The lowest BCUT2D eigenvalue weighted by molar-refractivity contribution is -0.121. The maximum absolute atomic E-state index is 12.3. The van der Waals surface area contributed by atoms with Crippen LogP contribution in [-0.4, -0.2) is 17.0 Å². The van der Waals surface area contributed by atoms with E-state index in [4.69, 9.17) is 5.11 Å². The normalized spacial score (nSPS) is 22.8. The van der Waals surface area contributed by atoms with Crippen LogP contribution in [0, 0.1) is 17.3 Å². The Morgan fingerprint density at radius 1 is 1.24 bits per heavy atom. The molecule has 1 saturated carbocycles. The number of hydrogen-bond donors (Lipinski definition) is 2. The molecule has 0 spiro atoms. The van der Waals surface area contributed by atoms with E-state index in [9.17, 15) is 9.59 Å². The van der Waals surface area contributed by atoms with Crippen LogP contribution >= 0.6 is 11.3 Å². The molecule has 21 heavy (non-hydrogen) atoms. The topological polar surface area (TPSA) is 66.4 Å². The van der Waals surface area contributed by atoms with Gasteiger partial charge in [0, 0.05) is 5.92 Å². The van der Waals surface area contributed by atoms with Crippen molar-refractivity contribution in [2.24, 2.45) is 17.3 Å².